The number of carboxylic acid groups (broad SMARTS) is 1. The third kappa shape index (κ3) is 7.06. The molecule has 3 rings (SSSR count). The van der Waals surface area contributed by atoms with Crippen LogP contribution in [0.5, 0.6) is 5.75 Å². The van der Waals surface area contributed by atoms with Crippen molar-refractivity contribution >= 4 is 23.6 Å². The molecule has 0 unspecified atom stereocenters. The summed E-state index contributed by atoms with van der Waals surface area (Å²) in [7, 11) is 0. The van der Waals surface area contributed by atoms with Crippen LogP contribution in [0.15, 0.2) is 57.8 Å². The number of benzene rings is 2. The van der Waals surface area contributed by atoms with Gasteiger partial charge in [0.2, 0.25) is 0 Å². The summed E-state index contributed by atoms with van der Waals surface area (Å²) in [5, 5.41) is 12.2. The van der Waals surface area contributed by atoms with E-state index in [0.717, 1.165) is 0 Å². The number of hydrogen-bond acceptors (Lipinski definition) is 6. The van der Waals surface area contributed by atoms with Crippen LogP contribution >= 0.6 is 11.8 Å². The van der Waals surface area contributed by atoms with Gasteiger partial charge in [-0.1, -0.05) is 19.1 Å². The molecule has 0 spiro atoms. The van der Waals surface area contributed by atoms with E-state index in [2.05, 4.69) is 5.32 Å². The Morgan fingerprint density at radius 2 is 1.83 bits per heavy atom. The maximum absolute atomic E-state index is 13.7. The first-order chi connectivity index (χ1) is 16.8. The van der Waals surface area contributed by atoms with Gasteiger partial charge in [0.15, 0.2) is 17.4 Å². The van der Waals surface area contributed by atoms with Crippen molar-refractivity contribution in [1.29, 1.82) is 0 Å². The standard InChI is InChI=1S/C25H26F2N2O5S/c1-3-28-10-11-29(14-24(30)31)25(32)22-9-8-18(34-22)15-33-17-6-4-16(5-7-17)19-12-20(26)21(27)13-23(19)35-2/h4-9,12-13,28H,3,10-11,14-15H2,1-2H3,(H,30,31). The van der Waals surface area contributed by atoms with Crippen LogP contribution in [0.1, 0.15) is 23.2 Å². The van der Waals surface area contributed by atoms with E-state index in [0.29, 0.717) is 40.6 Å². The Labute approximate surface area is 206 Å². The van der Waals surface area contributed by atoms with Crippen molar-refractivity contribution in [3.63, 3.8) is 0 Å². The number of nitrogens with one attached hydrogen (secondary N) is 1. The molecule has 3 aromatic rings. The lowest BCUT2D eigenvalue weighted by molar-refractivity contribution is -0.137. The van der Waals surface area contributed by atoms with E-state index in [1.807, 2.05) is 6.92 Å². The summed E-state index contributed by atoms with van der Waals surface area (Å²) in [6, 6.07) is 12.3. The van der Waals surface area contributed by atoms with Crippen LogP contribution in [0.3, 0.4) is 0 Å². The summed E-state index contributed by atoms with van der Waals surface area (Å²) >= 11 is 1.32. The highest BCUT2D eigenvalue weighted by molar-refractivity contribution is 7.98. The molecule has 0 saturated heterocycles. The molecule has 1 aromatic heterocycles. The second kappa shape index (κ2) is 12.4. The van der Waals surface area contributed by atoms with Gasteiger partial charge in [0.25, 0.3) is 5.91 Å². The Bertz CT molecular complexity index is 1170. The minimum atomic E-state index is -1.11. The molecule has 0 aliphatic heterocycles. The van der Waals surface area contributed by atoms with Crippen LogP contribution in [0.4, 0.5) is 8.78 Å². The molecule has 0 saturated carbocycles. The van der Waals surface area contributed by atoms with Gasteiger partial charge in [-0.2, -0.15) is 0 Å². The first-order valence-electron chi connectivity index (χ1n) is 10.9. The Morgan fingerprint density at radius 3 is 2.49 bits per heavy atom. The van der Waals surface area contributed by atoms with Crippen LogP contribution < -0.4 is 10.1 Å². The fraction of sp³-hybridized carbons (Fsp3) is 0.280. The van der Waals surface area contributed by atoms with Gasteiger partial charge in [-0.3, -0.25) is 9.59 Å². The van der Waals surface area contributed by atoms with Crippen LogP contribution in [0.25, 0.3) is 11.1 Å². The maximum atomic E-state index is 13.7. The van der Waals surface area contributed by atoms with Gasteiger partial charge < -0.3 is 24.5 Å². The SMILES string of the molecule is CCNCCN(CC(=O)O)C(=O)c1ccc(COc2ccc(-c3cc(F)c(F)cc3SC)cc2)o1. The monoisotopic (exact) mass is 504 g/mol. The number of carboxylic acids is 1. The number of likely N-dealkylation sites (N-methyl/N-ethyl adjacent to an activating group) is 1. The number of furan rings is 1. The number of hydrogen-bond donors (Lipinski definition) is 2. The average Bonchev–Trinajstić information content (AvgIpc) is 3.32. The zero-order valence-electron chi connectivity index (χ0n) is 19.3. The van der Waals surface area contributed by atoms with Gasteiger partial charge in [-0.15, -0.1) is 11.8 Å². The molecule has 1 heterocycles. The van der Waals surface area contributed by atoms with E-state index >= 15 is 0 Å². The molecule has 0 radical (unpaired) electrons. The van der Waals surface area contributed by atoms with Crippen LogP contribution in [-0.4, -0.2) is 54.3 Å². The van der Waals surface area contributed by atoms with E-state index < -0.39 is 30.1 Å². The van der Waals surface area contributed by atoms with Crippen molar-refractivity contribution in [2.45, 2.75) is 18.4 Å². The largest absolute Gasteiger partial charge is 0.486 e. The summed E-state index contributed by atoms with van der Waals surface area (Å²) in [4.78, 5) is 25.6. The van der Waals surface area contributed by atoms with Crippen molar-refractivity contribution in [2.24, 2.45) is 0 Å². The summed E-state index contributed by atoms with van der Waals surface area (Å²) in [5.74, 6) is -2.49. The van der Waals surface area contributed by atoms with Crippen molar-refractivity contribution in [1.82, 2.24) is 10.2 Å². The smallest absolute Gasteiger partial charge is 0.323 e. The number of ether oxygens (including phenoxy) is 1. The number of nitrogens with zero attached hydrogens (tertiary/aromatic N) is 1. The number of amides is 1. The van der Waals surface area contributed by atoms with Crippen molar-refractivity contribution in [3.8, 4) is 16.9 Å². The first kappa shape index (κ1) is 26.2. The van der Waals surface area contributed by atoms with Gasteiger partial charge in [0, 0.05) is 18.0 Å². The van der Waals surface area contributed by atoms with Gasteiger partial charge in [-0.05, 0) is 60.3 Å². The molecule has 0 aliphatic rings. The molecular formula is C25H26F2N2O5S. The molecule has 10 heteroatoms. The molecule has 0 aliphatic carbocycles. The molecule has 2 aromatic carbocycles. The van der Waals surface area contributed by atoms with Crippen LogP contribution in [0, 0.1) is 11.6 Å². The topological polar surface area (TPSA) is 92.0 Å². The third-order valence-corrected chi connectivity index (χ3v) is 5.86. The van der Waals surface area contributed by atoms with Crippen molar-refractivity contribution in [3.05, 3.63) is 71.7 Å². The number of aliphatic carboxylic acids is 1. The average molecular weight is 505 g/mol. The van der Waals surface area contributed by atoms with E-state index in [-0.39, 0.29) is 18.9 Å². The number of halogens is 2. The van der Waals surface area contributed by atoms with Crippen molar-refractivity contribution < 1.29 is 32.6 Å². The fourth-order valence-corrected chi connectivity index (χ4v) is 3.96. The Balaban J connectivity index is 1.64. The number of rotatable bonds is 12. The molecule has 1 amide bonds. The lowest BCUT2D eigenvalue weighted by atomic mass is 10.1. The summed E-state index contributed by atoms with van der Waals surface area (Å²) < 4.78 is 38.6. The van der Waals surface area contributed by atoms with Crippen molar-refractivity contribution in [2.75, 3.05) is 32.4 Å². The minimum Gasteiger partial charge on any atom is -0.486 e. The predicted molar refractivity (Wildman–Crippen MR) is 129 cm³/mol. The minimum absolute atomic E-state index is 0.0274. The molecule has 7 nitrogen and oxygen atoms in total. The van der Waals surface area contributed by atoms with E-state index in [1.54, 1.807) is 36.6 Å². The zero-order chi connectivity index (χ0) is 25.4. The second-order valence-electron chi connectivity index (χ2n) is 7.52. The van der Waals surface area contributed by atoms with Gasteiger partial charge in [0.1, 0.15) is 24.7 Å². The first-order valence-corrected chi connectivity index (χ1v) is 12.1. The molecular weight excluding hydrogens is 478 g/mol. The summed E-state index contributed by atoms with van der Waals surface area (Å²) in [5.41, 5.74) is 1.29. The third-order valence-electron chi connectivity index (χ3n) is 5.08. The van der Waals surface area contributed by atoms with E-state index in [1.165, 1.54) is 34.9 Å². The maximum Gasteiger partial charge on any atom is 0.323 e. The lowest BCUT2D eigenvalue weighted by Gasteiger charge is -2.19. The molecule has 0 fully saturated rings. The molecule has 35 heavy (non-hydrogen) atoms. The van der Waals surface area contributed by atoms with E-state index in [4.69, 9.17) is 14.3 Å². The highest BCUT2D eigenvalue weighted by Gasteiger charge is 2.21. The highest BCUT2D eigenvalue weighted by Crippen LogP contribution is 2.33. The number of thioether (sulfide) groups is 1. The van der Waals surface area contributed by atoms with E-state index in [9.17, 15) is 18.4 Å². The number of carbonyl (C=O) groups excluding carboxylic acids is 1. The Hall–Kier alpha value is -3.37. The highest BCUT2D eigenvalue weighted by atomic mass is 32.2. The normalized spacial score (nSPS) is 10.9. The van der Waals surface area contributed by atoms with Gasteiger partial charge in [-0.25, -0.2) is 8.78 Å². The molecule has 2 N–H and O–H groups in total. The lowest BCUT2D eigenvalue weighted by Crippen LogP contribution is -2.40. The summed E-state index contributed by atoms with van der Waals surface area (Å²) in [6.07, 6.45) is 1.79. The fourth-order valence-electron chi connectivity index (χ4n) is 3.34. The molecule has 0 bridgehead atoms. The number of carbonyl (C=O) groups is 2. The Morgan fingerprint density at radius 1 is 1.11 bits per heavy atom. The molecule has 0 atom stereocenters. The Kier molecular flexibility index (Phi) is 9.27. The molecule has 186 valence electrons. The zero-order valence-corrected chi connectivity index (χ0v) is 20.2. The quantitative estimate of drug-likeness (QED) is 0.274. The van der Waals surface area contributed by atoms with Crippen LogP contribution in [0.2, 0.25) is 0 Å². The van der Waals surface area contributed by atoms with Gasteiger partial charge in [0.05, 0.1) is 0 Å². The predicted octanol–water partition coefficient (Wildman–Crippen LogP) is 4.66. The second-order valence-corrected chi connectivity index (χ2v) is 8.37. The summed E-state index contributed by atoms with van der Waals surface area (Å²) in [6.45, 7) is 2.93. The van der Waals surface area contributed by atoms with Crippen LogP contribution in [-0.2, 0) is 11.4 Å². The van der Waals surface area contributed by atoms with Gasteiger partial charge >= 0.3 is 5.97 Å².